The lowest BCUT2D eigenvalue weighted by Gasteiger charge is -2.23. The number of hydrogen-bond donors (Lipinski definition) is 2. The minimum Gasteiger partial charge on any atom is -0.494 e. The molecule has 0 radical (unpaired) electrons. The molecule has 6 heteroatoms. The topological polar surface area (TPSA) is 58.6 Å². The summed E-state index contributed by atoms with van der Waals surface area (Å²) in [6, 6.07) is 25.8. The van der Waals surface area contributed by atoms with Crippen LogP contribution in [0.3, 0.4) is 0 Å². The highest BCUT2D eigenvalue weighted by molar-refractivity contribution is 5.97. The second-order valence-corrected chi connectivity index (χ2v) is 9.11. The van der Waals surface area contributed by atoms with Gasteiger partial charge in [0.05, 0.1) is 6.61 Å². The predicted molar refractivity (Wildman–Crippen MR) is 150 cm³/mol. The number of nitrogens with one attached hydrogen (secondary N) is 1. The molecule has 0 saturated carbocycles. The molecular weight excluding hydrogens is 489 g/mol. The van der Waals surface area contributed by atoms with Crippen LogP contribution in [-0.2, 0) is 11.2 Å². The Hall–Kier alpha value is -3.41. The monoisotopic (exact) mass is 521 g/mol. The molecule has 1 unspecified atom stereocenters. The van der Waals surface area contributed by atoms with Crippen molar-refractivity contribution < 1.29 is 19.0 Å². The molecule has 4 rings (SSSR count). The second-order valence-electron chi connectivity index (χ2n) is 9.11. The Kier molecular flexibility index (Phi) is 9.67. The number of ether oxygens (including phenoxy) is 1. The lowest BCUT2D eigenvalue weighted by Crippen LogP contribution is -2.22. The minimum absolute atomic E-state index is 0. The molecule has 0 aliphatic rings. The maximum atomic E-state index is 14.4. The summed E-state index contributed by atoms with van der Waals surface area (Å²) in [7, 11) is 0. The van der Waals surface area contributed by atoms with Crippen LogP contribution in [-0.4, -0.2) is 17.7 Å². The zero-order valence-corrected chi connectivity index (χ0v) is 22.1. The molecule has 0 aliphatic carbocycles. The van der Waals surface area contributed by atoms with E-state index in [1.165, 1.54) is 6.07 Å². The second kappa shape index (κ2) is 12.7. The molecule has 2 N–H and O–H groups in total. The summed E-state index contributed by atoms with van der Waals surface area (Å²) < 4.78 is 20.1. The first kappa shape index (κ1) is 28.2. The first-order valence-electron chi connectivity index (χ1n) is 12.4. The van der Waals surface area contributed by atoms with Crippen molar-refractivity contribution in [3.05, 3.63) is 101 Å². The average molecular weight is 522 g/mol. The largest absolute Gasteiger partial charge is 0.494 e. The van der Waals surface area contributed by atoms with Crippen LogP contribution in [0.5, 0.6) is 5.75 Å². The Morgan fingerprint density at radius 2 is 1.70 bits per heavy atom. The Balaban J connectivity index is 0.00000380. The van der Waals surface area contributed by atoms with Crippen molar-refractivity contribution in [1.29, 1.82) is 0 Å². The number of carboxylic acids is 1. The summed E-state index contributed by atoms with van der Waals surface area (Å²) in [5, 5.41) is 14.9. The Labute approximate surface area is 223 Å². The van der Waals surface area contributed by atoms with Gasteiger partial charge >= 0.3 is 5.97 Å². The van der Waals surface area contributed by atoms with Gasteiger partial charge in [-0.25, -0.2) is 4.39 Å². The lowest BCUT2D eigenvalue weighted by molar-refractivity contribution is -0.136. The van der Waals surface area contributed by atoms with Crippen molar-refractivity contribution in [2.45, 2.75) is 45.7 Å². The van der Waals surface area contributed by atoms with Crippen molar-refractivity contribution in [1.82, 2.24) is 5.32 Å². The molecule has 0 heterocycles. The molecule has 0 fully saturated rings. The average Bonchev–Trinajstić information content (AvgIpc) is 2.88. The molecule has 4 aromatic rings. The van der Waals surface area contributed by atoms with E-state index in [1.807, 2.05) is 31.2 Å². The van der Waals surface area contributed by atoms with Crippen molar-refractivity contribution in [3.8, 4) is 16.9 Å². The van der Waals surface area contributed by atoms with Crippen LogP contribution in [0.15, 0.2) is 78.9 Å². The summed E-state index contributed by atoms with van der Waals surface area (Å²) >= 11 is 0. The predicted octanol–water partition coefficient (Wildman–Crippen LogP) is 7.90. The van der Waals surface area contributed by atoms with Gasteiger partial charge in [0.15, 0.2) is 0 Å². The van der Waals surface area contributed by atoms with Crippen molar-refractivity contribution in [2.24, 2.45) is 0 Å². The molecule has 0 saturated heterocycles. The lowest BCUT2D eigenvalue weighted by atomic mass is 9.92. The highest BCUT2D eigenvalue weighted by atomic mass is 35.5. The van der Waals surface area contributed by atoms with E-state index in [9.17, 15) is 9.18 Å². The molecule has 4 aromatic carbocycles. The van der Waals surface area contributed by atoms with Gasteiger partial charge in [-0.2, -0.15) is 0 Å². The van der Waals surface area contributed by atoms with Crippen molar-refractivity contribution >= 4 is 29.1 Å². The molecule has 37 heavy (non-hydrogen) atoms. The van der Waals surface area contributed by atoms with Gasteiger partial charge in [0.1, 0.15) is 11.6 Å². The van der Waals surface area contributed by atoms with E-state index in [2.05, 4.69) is 55.6 Å². The molecule has 0 spiro atoms. The fraction of sp³-hybridized carbons (Fsp3) is 0.258. The zero-order chi connectivity index (χ0) is 25.7. The van der Waals surface area contributed by atoms with Gasteiger partial charge in [0, 0.05) is 18.5 Å². The van der Waals surface area contributed by atoms with Crippen LogP contribution >= 0.6 is 12.4 Å². The highest BCUT2D eigenvalue weighted by Gasteiger charge is 2.16. The van der Waals surface area contributed by atoms with Crippen molar-refractivity contribution in [3.63, 3.8) is 0 Å². The maximum absolute atomic E-state index is 14.4. The first-order valence-corrected chi connectivity index (χ1v) is 12.4. The third-order valence-corrected chi connectivity index (χ3v) is 6.52. The van der Waals surface area contributed by atoms with Gasteiger partial charge in [-0.1, -0.05) is 42.5 Å². The number of benzene rings is 4. The number of halogens is 2. The summed E-state index contributed by atoms with van der Waals surface area (Å²) in [5.74, 6) is -0.453. The van der Waals surface area contributed by atoms with Crippen LogP contribution in [0.1, 0.15) is 56.0 Å². The smallest absolute Gasteiger partial charge is 0.303 e. The van der Waals surface area contributed by atoms with E-state index in [0.29, 0.717) is 12.2 Å². The first-order chi connectivity index (χ1) is 17.4. The van der Waals surface area contributed by atoms with Crippen LogP contribution in [0, 0.1) is 5.82 Å². The fourth-order valence-corrected chi connectivity index (χ4v) is 4.61. The minimum atomic E-state index is -0.937. The third kappa shape index (κ3) is 6.88. The molecular formula is C31H33ClFNO3. The fourth-order valence-electron chi connectivity index (χ4n) is 4.61. The molecule has 0 bridgehead atoms. The van der Waals surface area contributed by atoms with E-state index >= 15 is 0 Å². The van der Waals surface area contributed by atoms with Crippen LogP contribution in [0.4, 0.5) is 4.39 Å². The molecule has 0 aromatic heterocycles. The van der Waals surface area contributed by atoms with Crippen molar-refractivity contribution in [2.75, 3.05) is 6.61 Å². The number of rotatable bonds is 10. The number of aryl methyl sites for hydroxylation is 1. The summed E-state index contributed by atoms with van der Waals surface area (Å²) in [4.78, 5) is 11.0. The van der Waals surface area contributed by atoms with Crippen LogP contribution < -0.4 is 10.1 Å². The number of fused-ring (bicyclic) bond motifs is 1. The van der Waals surface area contributed by atoms with Gasteiger partial charge in [0.25, 0.3) is 0 Å². The zero-order valence-electron chi connectivity index (χ0n) is 21.3. The van der Waals surface area contributed by atoms with E-state index in [0.717, 1.165) is 38.8 Å². The van der Waals surface area contributed by atoms with E-state index in [4.69, 9.17) is 9.84 Å². The van der Waals surface area contributed by atoms with Gasteiger partial charge in [-0.15, -0.1) is 12.4 Å². The number of carbonyl (C=O) groups is 1. The maximum Gasteiger partial charge on any atom is 0.303 e. The Bertz CT molecular complexity index is 1370. The molecule has 4 nitrogen and oxygen atoms in total. The molecule has 0 aliphatic heterocycles. The van der Waals surface area contributed by atoms with Gasteiger partial charge in [-0.05, 0) is 102 Å². The van der Waals surface area contributed by atoms with E-state index < -0.39 is 5.97 Å². The SMILES string of the molecule is CCOc1cccc([C@@H](C)NC(C)c2cc(-c3ccc(F)c(CCC(=O)O)c3)c3ccccc3c2)c1.Cl. The quantitative estimate of drug-likeness (QED) is 0.223. The van der Waals surface area contributed by atoms with Gasteiger partial charge in [-0.3, -0.25) is 4.79 Å². The Morgan fingerprint density at radius 3 is 2.46 bits per heavy atom. The van der Waals surface area contributed by atoms with Crippen LogP contribution in [0.2, 0.25) is 0 Å². The number of aliphatic carboxylic acids is 1. The Morgan fingerprint density at radius 1 is 0.946 bits per heavy atom. The summed E-state index contributed by atoms with van der Waals surface area (Å²) in [6.07, 6.45) is 0.0490. The summed E-state index contributed by atoms with van der Waals surface area (Å²) in [5.41, 5.74) is 4.56. The van der Waals surface area contributed by atoms with Crippen LogP contribution in [0.25, 0.3) is 21.9 Å². The highest BCUT2D eigenvalue weighted by Crippen LogP contribution is 2.34. The molecule has 0 amide bonds. The standard InChI is InChI=1S/C31H32FNO3.ClH/c1-4-36-27-10-7-9-22(18-27)20(2)33-21(3)26-17-23-8-5-6-11-28(23)29(19-26)24-12-14-30(32)25(16-24)13-15-31(34)35;/h5-12,14,16-21,33H,4,13,15H2,1-3H3,(H,34,35);1H/t20-,21?;/m1./s1. The normalized spacial score (nSPS) is 12.5. The number of carboxylic acid groups (broad SMARTS) is 1. The summed E-state index contributed by atoms with van der Waals surface area (Å²) in [6.45, 7) is 6.88. The van der Waals surface area contributed by atoms with Gasteiger partial charge in [0.2, 0.25) is 0 Å². The van der Waals surface area contributed by atoms with Gasteiger partial charge < -0.3 is 15.2 Å². The third-order valence-electron chi connectivity index (χ3n) is 6.52. The molecule has 194 valence electrons. The number of hydrogen-bond acceptors (Lipinski definition) is 3. The van der Waals surface area contributed by atoms with E-state index in [1.54, 1.807) is 12.1 Å². The van der Waals surface area contributed by atoms with E-state index in [-0.39, 0.29) is 43.1 Å². The molecule has 2 atom stereocenters.